The molecule has 0 aliphatic carbocycles. The zero-order valence-corrected chi connectivity index (χ0v) is 8.14. The number of nitrogens with one attached hydrogen (secondary N) is 1. The fraction of sp³-hybridized carbons (Fsp3) is 0.250. The highest BCUT2D eigenvalue weighted by Crippen LogP contribution is 2.10. The Hall–Kier alpha value is -2.18. The lowest BCUT2D eigenvalue weighted by Crippen LogP contribution is -2.23. The van der Waals surface area contributed by atoms with E-state index in [0.29, 0.717) is 5.69 Å². The molecule has 1 aromatic rings. The van der Waals surface area contributed by atoms with E-state index in [9.17, 15) is 9.59 Å². The largest absolute Gasteiger partial charge is 0.481 e. The van der Waals surface area contributed by atoms with E-state index < -0.39 is 11.9 Å². The molecule has 0 aliphatic rings. The minimum absolute atomic E-state index is 0.0979. The Labute approximate surface area is 85.1 Å². The van der Waals surface area contributed by atoms with Crippen LogP contribution in [-0.2, 0) is 9.59 Å². The van der Waals surface area contributed by atoms with Crippen molar-refractivity contribution in [3.8, 4) is 5.88 Å². The number of aliphatic carboxylic acids is 1. The van der Waals surface area contributed by atoms with Crippen LogP contribution in [0.5, 0.6) is 5.88 Å². The molecule has 7 heteroatoms. The molecule has 0 saturated carbocycles. The first-order chi connectivity index (χ1) is 7.02. The van der Waals surface area contributed by atoms with Gasteiger partial charge in [-0.1, -0.05) is 0 Å². The summed E-state index contributed by atoms with van der Waals surface area (Å²) in [4.78, 5) is 28.6. The van der Waals surface area contributed by atoms with Gasteiger partial charge >= 0.3 is 11.9 Å². The van der Waals surface area contributed by atoms with Crippen molar-refractivity contribution < 1.29 is 19.4 Å². The van der Waals surface area contributed by atoms with E-state index >= 15 is 0 Å². The van der Waals surface area contributed by atoms with Crippen LogP contribution >= 0.6 is 0 Å². The molecule has 1 rings (SSSR count). The van der Waals surface area contributed by atoms with Gasteiger partial charge in [0.05, 0.1) is 7.11 Å². The van der Waals surface area contributed by atoms with Crippen LogP contribution in [0.4, 0.5) is 5.95 Å². The zero-order valence-electron chi connectivity index (χ0n) is 8.14. The third kappa shape index (κ3) is 2.90. The van der Waals surface area contributed by atoms with Gasteiger partial charge in [0.15, 0.2) is 0 Å². The first-order valence-electron chi connectivity index (χ1n) is 3.97. The summed E-state index contributed by atoms with van der Waals surface area (Å²) in [7, 11) is 1.41. The number of anilines is 1. The Kier molecular flexibility index (Phi) is 3.17. The molecule has 2 N–H and O–H groups in total. The molecule has 1 heterocycles. The summed E-state index contributed by atoms with van der Waals surface area (Å²) in [6, 6.07) is 1.55. The molecule has 1 amide bonds. The molecular weight excluding hydrogens is 202 g/mol. The quantitative estimate of drug-likeness (QED) is 0.658. The molecule has 0 unspecified atom stereocenters. The van der Waals surface area contributed by atoms with Crippen molar-refractivity contribution in [3.63, 3.8) is 0 Å². The molecule has 0 aliphatic heterocycles. The van der Waals surface area contributed by atoms with Crippen molar-refractivity contribution in [2.24, 2.45) is 0 Å². The Morgan fingerprint density at radius 3 is 2.67 bits per heavy atom. The number of nitrogens with zero attached hydrogens (tertiary/aromatic N) is 2. The maximum atomic E-state index is 10.8. The van der Waals surface area contributed by atoms with Crippen molar-refractivity contribution >= 4 is 17.8 Å². The van der Waals surface area contributed by atoms with Gasteiger partial charge in [-0.2, -0.15) is 4.98 Å². The van der Waals surface area contributed by atoms with E-state index in [1.807, 2.05) is 5.32 Å². The first-order valence-corrected chi connectivity index (χ1v) is 3.97. The van der Waals surface area contributed by atoms with Crippen LogP contribution < -0.4 is 10.1 Å². The normalized spacial score (nSPS) is 9.47. The van der Waals surface area contributed by atoms with E-state index in [0.717, 1.165) is 0 Å². The Balaban J connectivity index is 2.90. The summed E-state index contributed by atoms with van der Waals surface area (Å²) < 4.78 is 4.83. The highest BCUT2D eigenvalue weighted by molar-refractivity contribution is 6.36. The molecule has 80 valence electrons. The number of ether oxygens (including phenoxy) is 1. The average molecular weight is 211 g/mol. The molecule has 1 aromatic heterocycles. The minimum Gasteiger partial charge on any atom is -0.481 e. The van der Waals surface area contributed by atoms with Gasteiger partial charge in [0.1, 0.15) is 0 Å². The fourth-order valence-corrected chi connectivity index (χ4v) is 0.855. The van der Waals surface area contributed by atoms with Crippen LogP contribution in [0.1, 0.15) is 5.69 Å². The van der Waals surface area contributed by atoms with Crippen molar-refractivity contribution in [3.05, 3.63) is 11.8 Å². The van der Waals surface area contributed by atoms with E-state index in [4.69, 9.17) is 9.84 Å². The molecule has 0 aromatic carbocycles. The minimum atomic E-state index is -1.60. The number of carboxylic acids is 1. The summed E-state index contributed by atoms with van der Waals surface area (Å²) >= 11 is 0. The van der Waals surface area contributed by atoms with Crippen molar-refractivity contribution in [1.29, 1.82) is 0 Å². The topological polar surface area (TPSA) is 101 Å². The molecule has 0 spiro atoms. The monoisotopic (exact) mass is 211 g/mol. The number of methoxy groups -OCH3 is 1. The number of carbonyl (C=O) groups excluding carboxylic acids is 1. The number of amides is 1. The first kappa shape index (κ1) is 10.9. The Bertz CT molecular complexity index is 405. The van der Waals surface area contributed by atoms with E-state index in [1.165, 1.54) is 7.11 Å². The second-order valence-corrected chi connectivity index (χ2v) is 2.63. The fourth-order valence-electron chi connectivity index (χ4n) is 0.855. The summed E-state index contributed by atoms with van der Waals surface area (Å²) in [5.74, 6) is -2.64. The Morgan fingerprint density at radius 2 is 2.13 bits per heavy atom. The summed E-state index contributed by atoms with van der Waals surface area (Å²) in [5, 5.41) is 10.4. The molecule has 0 fully saturated rings. The van der Waals surface area contributed by atoms with E-state index in [-0.39, 0.29) is 11.8 Å². The number of hydrogen-bond acceptors (Lipinski definition) is 5. The highest BCUT2D eigenvalue weighted by Gasteiger charge is 2.13. The third-order valence-electron chi connectivity index (χ3n) is 1.46. The van der Waals surface area contributed by atoms with Crippen LogP contribution in [-0.4, -0.2) is 34.1 Å². The molecular formula is C8H9N3O4. The van der Waals surface area contributed by atoms with Gasteiger partial charge in [0.2, 0.25) is 11.8 Å². The second-order valence-electron chi connectivity index (χ2n) is 2.63. The summed E-state index contributed by atoms with van der Waals surface area (Å²) in [6.07, 6.45) is 0. The van der Waals surface area contributed by atoms with Crippen LogP contribution in [0.2, 0.25) is 0 Å². The van der Waals surface area contributed by atoms with Crippen molar-refractivity contribution in [2.45, 2.75) is 6.92 Å². The van der Waals surface area contributed by atoms with Crippen LogP contribution in [0.3, 0.4) is 0 Å². The van der Waals surface area contributed by atoms with Gasteiger partial charge in [-0.25, -0.2) is 9.78 Å². The summed E-state index contributed by atoms with van der Waals surface area (Å²) in [5.41, 5.74) is 0.558. The molecule has 7 nitrogen and oxygen atoms in total. The zero-order chi connectivity index (χ0) is 11.4. The van der Waals surface area contributed by atoms with Gasteiger partial charge in [-0.3, -0.25) is 10.1 Å². The highest BCUT2D eigenvalue weighted by atomic mass is 16.5. The molecule has 0 radical (unpaired) electrons. The maximum Gasteiger partial charge on any atom is 0.394 e. The van der Waals surface area contributed by atoms with E-state index in [1.54, 1.807) is 13.0 Å². The number of carbonyl (C=O) groups is 2. The SMILES string of the molecule is COc1cc(C)nc(NC(=O)C(=O)O)n1. The number of hydrogen-bond donors (Lipinski definition) is 2. The van der Waals surface area contributed by atoms with Crippen LogP contribution in [0.25, 0.3) is 0 Å². The number of carboxylic acid groups (broad SMARTS) is 1. The number of aryl methyl sites for hydroxylation is 1. The molecule has 0 saturated heterocycles. The number of aromatic nitrogens is 2. The molecule has 0 atom stereocenters. The summed E-state index contributed by atoms with van der Waals surface area (Å²) in [6.45, 7) is 1.67. The smallest absolute Gasteiger partial charge is 0.394 e. The van der Waals surface area contributed by atoms with Crippen molar-refractivity contribution in [1.82, 2.24) is 9.97 Å². The standard InChI is InChI=1S/C8H9N3O4/c1-4-3-5(15-2)10-8(9-4)11-6(12)7(13)14/h3H,1-2H3,(H,13,14)(H,9,10,11,12). The molecule has 15 heavy (non-hydrogen) atoms. The van der Waals surface area contributed by atoms with Crippen LogP contribution in [0, 0.1) is 6.92 Å². The van der Waals surface area contributed by atoms with Crippen molar-refractivity contribution in [2.75, 3.05) is 12.4 Å². The third-order valence-corrected chi connectivity index (χ3v) is 1.46. The lowest BCUT2D eigenvalue weighted by molar-refractivity contribution is -0.147. The van der Waals surface area contributed by atoms with E-state index in [2.05, 4.69) is 9.97 Å². The lowest BCUT2D eigenvalue weighted by Gasteiger charge is -2.04. The predicted molar refractivity (Wildman–Crippen MR) is 49.6 cm³/mol. The van der Waals surface area contributed by atoms with Gasteiger partial charge in [-0.05, 0) is 6.92 Å². The lowest BCUT2D eigenvalue weighted by atomic mass is 10.4. The molecule has 0 bridgehead atoms. The Morgan fingerprint density at radius 1 is 1.47 bits per heavy atom. The average Bonchev–Trinajstić information content (AvgIpc) is 2.16. The number of rotatable bonds is 2. The van der Waals surface area contributed by atoms with Gasteiger partial charge < -0.3 is 9.84 Å². The van der Waals surface area contributed by atoms with Gasteiger partial charge in [-0.15, -0.1) is 0 Å². The van der Waals surface area contributed by atoms with Crippen LogP contribution in [0.15, 0.2) is 6.07 Å². The second kappa shape index (κ2) is 4.36. The van der Waals surface area contributed by atoms with Gasteiger partial charge in [0.25, 0.3) is 0 Å². The predicted octanol–water partition coefficient (Wildman–Crippen LogP) is -0.183. The maximum absolute atomic E-state index is 10.8. The van der Waals surface area contributed by atoms with Gasteiger partial charge in [0, 0.05) is 11.8 Å².